The second-order valence-electron chi connectivity index (χ2n) is 9.36. The number of nitrogens with zero attached hydrogens (tertiary/aromatic N) is 7. The maximum Gasteiger partial charge on any atom is 0.236 e. The van der Waals surface area contributed by atoms with E-state index in [1.54, 1.807) is 11.2 Å². The van der Waals surface area contributed by atoms with Gasteiger partial charge in [0.15, 0.2) is 11.5 Å². The molecular formula is C25H31N9O2. The second-order valence-corrected chi connectivity index (χ2v) is 9.36. The molecule has 5 rings (SSSR count). The molecule has 0 bridgehead atoms. The molecule has 0 aliphatic carbocycles. The molecule has 2 atom stereocenters. The maximum absolute atomic E-state index is 12.4. The van der Waals surface area contributed by atoms with Crippen LogP contribution >= 0.6 is 0 Å². The third-order valence-corrected chi connectivity index (χ3v) is 7.10. The van der Waals surface area contributed by atoms with Crippen LogP contribution in [0.3, 0.4) is 0 Å². The summed E-state index contributed by atoms with van der Waals surface area (Å²) < 4.78 is 5.45. The van der Waals surface area contributed by atoms with Gasteiger partial charge in [-0.2, -0.15) is 15.2 Å². The third-order valence-electron chi connectivity index (χ3n) is 7.10. The Balaban J connectivity index is 1.37. The van der Waals surface area contributed by atoms with Crippen molar-refractivity contribution in [1.29, 1.82) is 5.26 Å². The summed E-state index contributed by atoms with van der Waals surface area (Å²) in [6.45, 7) is 6.68. The van der Waals surface area contributed by atoms with Gasteiger partial charge in [-0.15, -0.1) is 0 Å². The van der Waals surface area contributed by atoms with Crippen molar-refractivity contribution in [3.05, 3.63) is 30.6 Å². The van der Waals surface area contributed by atoms with E-state index >= 15 is 0 Å². The van der Waals surface area contributed by atoms with Gasteiger partial charge >= 0.3 is 0 Å². The third kappa shape index (κ3) is 4.90. The molecule has 0 unspecified atom stereocenters. The minimum atomic E-state index is -0.125. The predicted molar refractivity (Wildman–Crippen MR) is 137 cm³/mol. The lowest BCUT2D eigenvalue weighted by Crippen LogP contribution is -2.52. The summed E-state index contributed by atoms with van der Waals surface area (Å²) in [6, 6.07) is 10.2. The summed E-state index contributed by atoms with van der Waals surface area (Å²) in [4.78, 5) is 35.6. The minimum Gasteiger partial charge on any atom is -0.378 e. The largest absolute Gasteiger partial charge is 0.378 e. The van der Waals surface area contributed by atoms with Gasteiger partial charge < -0.3 is 29.7 Å². The number of aromatic amines is 1. The smallest absolute Gasteiger partial charge is 0.236 e. The Bertz CT molecular complexity index is 1250. The standard InChI is InChI=1S/C25H31N9O2/c1-17-8-10-34(21(35)7-9-26)15-20(17)32(2)24-22-23(28-16-27-22)30-25(31-24)29-18-3-5-19(6-4-18)33-11-13-36-14-12-33/h3-6,16-17,20H,7-8,10-15H2,1-2H3,(H2,27,28,29,30,31)/t17-,20+/m1/s1. The van der Waals surface area contributed by atoms with Crippen molar-refractivity contribution >= 4 is 40.2 Å². The number of H-pyrrole nitrogens is 1. The van der Waals surface area contributed by atoms with Gasteiger partial charge in [-0.1, -0.05) is 6.92 Å². The Morgan fingerprint density at radius 3 is 2.78 bits per heavy atom. The van der Waals surface area contributed by atoms with Crippen LogP contribution in [0.1, 0.15) is 19.8 Å². The number of morpholine rings is 1. The molecule has 2 aliphatic heterocycles. The van der Waals surface area contributed by atoms with Gasteiger partial charge in [0.2, 0.25) is 11.9 Å². The SMILES string of the molecule is C[C@@H]1CCN(C(=O)CC#N)C[C@@H]1N(C)c1nc(Nc2ccc(N3CCOCC3)cc2)nc2nc[nH]c12. The number of carbonyl (C=O) groups excluding carboxylic acids is 1. The number of benzene rings is 1. The fraction of sp³-hybridized carbons (Fsp3) is 0.480. The van der Waals surface area contributed by atoms with Crippen molar-refractivity contribution in [3.8, 4) is 6.07 Å². The van der Waals surface area contributed by atoms with Crippen molar-refractivity contribution in [2.75, 3.05) is 61.6 Å². The van der Waals surface area contributed by atoms with E-state index in [0.29, 0.717) is 30.6 Å². The summed E-state index contributed by atoms with van der Waals surface area (Å²) in [6.07, 6.45) is 2.39. The van der Waals surface area contributed by atoms with E-state index in [0.717, 1.165) is 55.4 Å². The number of nitrogens with one attached hydrogen (secondary N) is 2. The number of fused-ring (bicyclic) bond motifs is 1. The Kier molecular flexibility index (Phi) is 6.86. The van der Waals surface area contributed by atoms with Gasteiger partial charge in [-0.05, 0) is 36.6 Å². The lowest BCUT2D eigenvalue weighted by molar-refractivity contribution is -0.131. The summed E-state index contributed by atoms with van der Waals surface area (Å²) in [5.74, 6) is 1.39. The Labute approximate surface area is 210 Å². The molecular weight excluding hydrogens is 458 g/mol. The monoisotopic (exact) mass is 489 g/mol. The molecule has 2 aliphatic rings. The van der Waals surface area contributed by atoms with Gasteiger partial charge in [-0.25, -0.2) is 4.98 Å². The van der Waals surface area contributed by atoms with Crippen LogP contribution in [0, 0.1) is 17.2 Å². The fourth-order valence-electron chi connectivity index (χ4n) is 4.95. The van der Waals surface area contributed by atoms with E-state index in [1.165, 1.54) is 0 Å². The number of carbonyl (C=O) groups is 1. The topological polar surface area (TPSA) is 126 Å². The number of likely N-dealkylation sites (tertiary alicyclic amines) is 1. The zero-order chi connectivity index (χ0) is 25.1. The molecule has 0 radical (unpaired) electrons. The zero-order valence-electron chi connectivity index (χ0n) is 20.6. The first kappa shape index (κ1) is 23.8. The average molecular weight is 490 g/mol. The highest BCUT2D eigenvalue weighted by Crippen LogP contribution is 2.30. The minimum absolute atomic E-state index is 0.0449. The number of nitriles is 1. The van der Waals surface area contributed by atoms with Crippen LogP contribution in [0.25, 0.3) is 11.2 Å². The highest BCUT2D eigenvalue weighted by molar-refractivity contribution is 5.85. The highest BCUT2D eigenvalue weighted by Gasteiger charge is 2.33. The number of likely N-dealkylation sites (N-methyl/N-ethyl adjacent to an activating group) is 1. The van der Waals surface area contributed by atoms with Crippen molar-refractivity contribution in [2.45, 2.75) is 25.8 Å². The number of piperidine rings is 1. The highest BCUT2D eigenvalue weighted by atomic mass is 16.5. The van der Waals surface area contributed by atoms with E-state index in [2.05, 4.69) is 49.1 Å². The first-order valence-corrected chi connectivity index (χ1v) is 12.3. The van der Waals surface area contributed by atoms with Crippen LogP contribution in [0.5, 0.6) is 0 Å². The number of ether oxygens (including phenoxy) is 1. The molecule has 3 aromatic rings. The molecule has 11 heteroatoms. The average Bonchev–Trinajstić information content (AvgIpc) is 3.38. The van der Waals surface area contributed by atoms with Gasteiger partial charge in [0.05, 0.1) is 31.7 Å². The maximum atomic E-state index is 12.4. The molecule has 36 heavy (non-hydrogen) atoms. The van der Waals surface area contributed by atoms with Crippen LogP contribution in [0.4, 0.5) is 23.1 Å². The van der Waals surface area contributed by atoms with Crippen LogP contribution in [-0.4, -0.2) is 83.2 Å². The lowest BCUT2D eigenvalue weighted by Gasteiger charge is -2.42. The zero-order valence-corrected chi connectivity index (χ0v) is 20.6. The molecule has 2 fully saturated rings. The molecule has 1 aromatic carbocycles. The summed E-state index contributed by atoms with van der Waals surface area (Å²) in [5.41, 5.74) is 3.36. The number of amides is 1. The van der Waals surface area contributed by atoms with Crippen molar-refractivity contribution < 1.29 is 9.53 Å². The van der Waals surface area contributed by atoms with Crippen LogP contribution in [-0.2, 0) is 9.53 Å². The number of hydrogen-bond acceptors (Lipinski definition) is 9. The van der Waals surface area contributed by atoms with Gasteiger partial charge in [0, 0.05) is 44.6 Å². The van der Waals surface area contributed by atoms with Crippen molar-refractivity contribution in [2.24, 2.45) is 5.92 Å². The molecule has 2 N–H and O–H groups in total. The van der Waals surface area contributed by atoms with Crippen LogP contribution < -0.4 is 15.1 Å². The normalized spacial score (nSPS) is 20.2. The summed E-state index contributed by atoms with van der Waals surface area (Å²) >= 11 is 0. The molecule has 0 saturated carbocycles. The molecule has 0 spiro atoms. The van der Waals surface area contributed by atoms with Gasteiger partial charge in [-0.3, -0.25) is 4.79 Å². The van der Waals surface area contributed by atoms with E-state index in [4.69, 9.17) is 15.0 Å². The van der Waals surface area contributed by atoms with Gasteiger partial charge in [0.25, 0.3) is 0 Å². The van der Waals surface area contributed by atoms with E-state index in [-0.39, 0.29) is 18.4 Å². The lowest BCUT2D eigenvalue weighted by atomic mass is 9.92. The van der Waals surface area contributed by atoms with Crippen molar-refractivity contribution in [3.63, 3.8) is 0 Å². The number of aromatic nitrogens is 4. The van der Waals surface area contributed by atoms with Crippen LogP contribution in [0.15, 0.2) is 30.6 Å². The fourth-order valence-corrected chi connectivity index (χ4v) is 4.95. The first-order chi connectivity index (χ1) is 17.5. The van der Waals surface area contributed by atoms with E-state index in [9.17, 15) is 4.79 Å². The Morgan fingerprint density at radius 2 is 2.03 bits per heavy atom. The van der Waals surface area contributed by atoms with Crippen LogP contribution in [0.2, 0.25) is 0 Å². The summed E-state index contributed by atoms with van der Waals surface area (Å²) in [7, 11) is 1.99. The molecule has 188 valence electrons. The second kappa shape index (κ2) is 10.4. The Morgan fingerprint density at radius 1 is 1.25 bits per heavy atom. The van der Waals surface area contributed by atoms with E-state index < -0.39 is 0 Å². The molecule has 4 heterocycles. The van der Waals surface area contributed by atoms with E-state index in [1.807, 2.05) is 25.2 Å². The quantitative estimate of drug-likeness (QED) is 0.537. The number of anilines is 4. The molecule has 1 amide bonds. The molecule has 11 nitrogen and oxygen atoms in total. The number of rotatable bonds is 6. The van der Waals surface area contributed by atoms with Gasteiger partial charge in [0.1, 0.15) is 11.9 Å². The first-order valence-electron chi connectivity index (χ1n) is 12.3. The molecule has 2 aromatic heterocycles. The van der Waals surface area contributed by atoms with Crippen molar-refractivity contribution in [1.82, 2.24) is 24.8 Å². The predicted octanol–water partition coefficient (Wildman–Crippen LogP) is 2.52. The molecule has 2 saturated heterocycles. The Hall–Kier alpha value is -3.91. The summed E-state index contributed by atoms with van der Waals surface area (Å²) in [5, 5.41) is 12.3. The number of hydrogen-bond donors (Lipinski definition) is 2. The number of imidazole rings is 1.